The van der Waals surface area contributed by atoms with Crippen LogP contribution in [-0.2, 0) is 4.74 Å². The van der Waals surface area contributed by atoms with Crippen LogP contribution in [0.3, 0.4) is 0 Å². The highest BCUT2D eigenvalue weighted by atomic mass is 16.5. The van der Waals surface area contributed by atoms with Crippen LogP contribution in [0, 0.1) is 16.7 Å². The van der Waals surface area contributed by atoms with Gasteiger partial charge in [-0.3, -0.25) is 0 Å². The molecule has 0 saturated heterocycles. The third-order valence-corrected chi connectivity index (χ3v) is 3.90. The van der Waals surface area contributed by atoms with E-state index in [4.69, 9.17) is 10.5 Å². The predicted molar refractivity (Wildman–Crippen MR) is 68.6 cm³/mol. The van der Waals surface area contributed by atoms with Gasteiger partial charge in [-0.2, -0.15) is 0 Å². The van der Waals surface area contributed by atoms with Crippen molar-refractivity contribution in [2.45, 2.75) is 53.6 Å². The monoisotopic (exact) mass is 242 g/mol. The van der Waals surface area contributed by atoms with Crippen molar-refractivity contribution < 1.29 is 9.53 Å². The van der Waals surface area contributed by atoms with Crippen LogP contribution in [0.5, 0.6) is 0 Å². The summed E-state index contributed by atoms with van der Waals surface area (Å²) in [5.41, 5.74) is 5.96. The van der Waals surface area contributed by atoms with E-state index in [0.717, 1.165) is 0 Å². The van der Waals surface area contributed by atoms with E-state index in [1.54, 1.807) is 0 Å². The molecule has 1 fully saturated rings. The highest BCUT2D eigenvalue weighted by Gasteiger charge is 2.60. The van der Waals surface area contributed by atoms with Gasteiger partial charge in [-0.15, -0.1) is 0 Å². The molecule has 0 radical (unpaired) electrons. The molecule has 100 valence electrons. The zero-order valence-electron chi connectivity index (χ0n) is 11.8. The Morgan fingerprint density at radius 2 is 1.76 bits per heavy atom. The first kappa shape index (κ1) is 14.3. The summed E-state index contributed by atoms with van der Waals surface area (Å²) in [6.07, 6.45) is -0.336. The molecule has 1 amide bonds. The average Bonchev–Trinajstić information content (AvgIpc) is 2.21. The molecule has 0 bridgehead atoms. The van der Waals surface area contributed by atoms with Gasteiger partial charge >= 0.3 is 6.09 Å². The van der Waals surface area contributed by atoms with Crippen LogP contribution in [0.4, 0.5) is 4.79 Å². The molecule has 0 atom stereocenters. The largest absolute Gasteiger partial charge is 0.449 e. The van der Waals surface area contributed by atoms with Crippen molar-refractivity contribution in [3.05, 3.63) is 0 Å². The van der Waals surface area contributed by atoms with Crippen LogP contribution >= 0.6 is 0 Å². The van der Waals surface area contributed by atoms with E-state index in [1.807, 2.05) is 13.8 Å². The van der Waals surface area contributed by atoms with Crippen LogP contribution in [0.2, 0.25) is 0 Å². The highest BCUT2D eigenvalue weighted by molar-refractivity contribution is 5.68. The summed E-state index contributed by atoms with van der Waals surface area (Å²) < 4.78 is 5.14. The molecular weight excluding hydrogens is 216 g/mol. The minimum absolute atomic E-state index is 0.0599. The van der Waals surface area contributed by atoms with Gasteiger partial charge in [0.05, 0.1) is 6.61 Å². The van der Waals surface area contributed by atoms with Crippen molar-refractivity contribution in [2.24, 2.45) is 22.5 Å². The molecule has 0 aromatic heterocycles. The minimum atomic E-state index is -0.336. The maximum Gasteiger partial charge on any atom is 0.407 e. The molecular formula is C13H26N2O2. The Hall–Kier alpha value is -0.770. The Morgan fingerprint density at radius 1 is 1.29 bits per heavy atom. The van der Waals surface area contributed by atoms with Gasteiger partial charge in [-0.05, 0) is 5.92 Å². The Bertz CT molecular complexity index is 282. The third kappa shape index (κ3) is 2.57. The third-order valence-electron chi connectivity index (χ3n) is 3.90. The number of hydrogen-bond donors (Lipinski definition) is 2. The molecule has 3 N–H and O–H groups in total. The van der Waals surface area contributed by atoms with Crippen LogP contribution in [0.1, 0.15) is 41.5 Å². The van der Waals surface area contributed by atoms with Gasteiger partial charge in [0.15, 0.2) is 0 Å². The molecule has 1 saturated carbocycles. The van der Waals surface area contributed by atoms with E-state index in [9.17, 15) is 4.79 Å². The Labute approximate surface area is 104 Å². The SMILES string of the molecule is CC(C)COC(=O)NC1C(C)(C)C(N)C1(C)C. The molecule has 0 aliphatic heterocycles. The number of hydrogen-bond acceptors (Lipinski definition) is 3. The topological polar surface area (TPSA) is 64.3 Å². The molecule has 17 heavy (non-hydrogen) atoms. The van der Waals surface area contributed by atoms with Crippen molar-refractivity contribution in [2.75, 3.05) is 6.61 Å². The van der Waals surface area contributed by atoms with E-state index in [1.165, 1.54) is 0 Å². The first-order valence-corrected chi connectivity index (χ1v) is 6.29. The number of carbonyl (C=O) groups is 1. The summed E-state index contributed by atoms with van der Waals surface area (Å²) in [5, 5.41) is 2.94. The second-order valence-electron chi connectivity index (χ2n) is 6.69. The van der Waals surface area contributed by atoms with Gasteiger partial charge in [-0.1, -0.05) is 41.5 Å². The maximum absolute atomic E-state index is 11.7. The molecule has 1 aliphatic rings. The lowest BCUT2D eigenvalue weighted by Crippen LogP contribution is -2.76. The lowest BCUT2D eigenvalue weighted by molar-refractivity contribution is -0.0691. The van der Waals surface area contributed by atoms with E-state index in [0.29, 0.717) is 12.5 Å². The number of carbonyl (C=O) groups excluding carboxylic acids is 1. The highest BCUT2D eigenvalue weighted by Crippen LogP contribution is 2.52. The first-order chi connectivity index (χ1) is 7.60. The van der Waals surface area contributed by atoms with Gasteiger partial charge in [-0.25, -0.2) is 4.79 Å². The molecule has 0 unspecified atom stereocenters. The van der Waals surface area contributed by atoms with Crippen molar-refractivity contribution in [1.29, 1.82) is 0 Å². The van der Waals surface area contributed by atoms with Crippen molar-refractivity contribution in [3.8, 4) is 0 Å². The van der Waals surface area contributed by atoms with Crippen LogP contribution in [-0.4, -0.2) is 24.8 Å². The Morgan fingerprint density at radius 3 is 2.18 bits per heavy atom. The number of ether oxygens (including phenoxy) is 1. The van der Waals surface area contributed by atoms with Gasteiger partial charge in [0.25, 0.3) is 0 Å². The summed E-state index contributed by atoms with van der Waals surface area (Å²) in [5.74, 6) is 0.352. The summed E-state index contributed by atoms with van der Waals surface area (Å²) >= 11 is 0. The Kier molecular flexibility index (Phi) is 3.77. The van der Waals surface area contributed by atoms with E-state index in [-0.39, 0.29) is 29.0 Å². The zero-order chi connectivity index (χ0) is 13.4. The fraction of sp³-hybridized carbons (Fsp3) is 0.923. The minimum Gasteiger partial charge on any atom is -0.449 e. The zero-order valence-corrected chi connectivity index (χ0v) is 11.8. The second kappa shape index (κ2) is 4.48. The Balaban J connectivity index is 2.54. The lowest BCUT2D eigenvalue weighted by Gasteiger charge is -2.62. The van der Waals surface area contributed by atoms with E-state index < -0.39 is 0 Å². The fourth-order valence-electron chi connectivity index (χ4n) is 2.95. The van der Waals surface area contributed by atoms with Crippen LogP contribution in [0.25, 0.3) is 0 Å². The molecule has 1 aliphatic carbocycles. The van der Waals surface area contributed by atoms with Gasteiger partial charge in [0.1, 0.15) is 0 Å². The number of nitrogens with two attached hydrogens (primary N) is 1. The van der Waals surface area contributed by atoms with Gasteiger partial charge in [0, 0.05) is 22.9 Å². The van der Waals surface area contributed by atoms with Crippen LogP contribution in [0.15, 0.2) is 0 Å². The summed E-state index contributed by atoms with van der Waals surface area (Å²) in [6.45, 7) is 12.8. The number of rotatable bonds is 3. The molecule has 4 nitrogen and oxygen atoms in total. The van der Waals surface area contributed by atoms with E-state index in [2.05, 4.69) is 33.0 Å². The summed E-state index contributed by atoms with van der Waals surface area (Å²) in [7, 11) is 0. The predicted octanol–water partition coefficient (Wildman–Crippen LogP) is 2.13. The number of alkyl carbamates (subject to hydrolysis) is 1. The van der Waals surface area contributed by atoms with E-state index >= 15 is 0 Å². The fourth-order valence-corrected chi connectivity index (χ4v) is 2.95. The normalized spacial score (nSPS) is 29.6. The smallest absolute Gasteiger partial charge is 0.407 e. The molecule has 0 aromatic rings. The molecule has 0 heterocycles. The van der Waals surface area contributed by atoms with Crippen molar-refractivity contribution in [3.63, 3.8) is 0 Å². The first-order valence-electron chi connectivity index (χ1n) is 6.29. The van der Waals surface area contributed by atoms with Gasteiger partial charge in [0.2, 0.25) is 0 Å². The molecule has 0 aromatic carbocycles. The lowest BCUT2D eigenvalue weighted by atomic mass is 9.48. The summed E-state index contributed by atoms with van der Waals surface area (Å²) in [4.78, 5) is 11.7. The number of nitrogens with one attached hydrogen (secondary N) is 1. The quantitative estimate of drug-likeness (QED) is 0.797. The second-order valence-corrected chi connectivity index (χ2v) is 6.69. The average molecular weight is 242 g/mol. The maximum atomic E-state index is 11.7. The van der Waals surface area contributed by atoms with Gasteiger partial charge < -0.3 is 15.8 Å². The molecule has 0 spiro atoms. The van der Waals surface area contributed by atoms with Crippen LogP contribution < -0.4 is 11.1 Å². The van der Waals surface area contributed by atoms with Crippen molar-refractivity contribution in [1.82, 2.24) is 5.32 Å². The molecule has 4 heteroatoms. The molecule has 1 rings (SSSR count). The summed E-state index contributed by atoms with van der Waals surface area (Å²) in [6, 6.07) is 0.148. The van der Waals surface area contributed by atoms with Crippen molar-refractivity contribution >= 4 is 6.09 Å². The standard InChI is InChI=1S/C13H26N2O2/c1-8(2)7-17-11(16)15-10-12(3,4)9(14)13(10,5)6/h8-10H,7,14H2,1-6H3,(H,15,16). The number of amides is 1.